The molecular formula is C25H17N7O. The third-order valence-electron chi connectivity index (χ3n) is 5.08. The van der Waals surface area contributed by atoms with Crippen LogP contribution in [0.25, 0.3) is 33.0 Å². The van der Waals surface area contributed by atoms with Crippen molar-refractivity contribution in [2.24, 2.45) is 10.2 Å². The largest absolute Gasteiger partial charge is 0.299 e. The second-order valence-corrected chi connectivity index (χ2v) is 7.13. The molecule has 0 bridgehead atoms. The first-order valence-electron chi connectivity index (χ1n) is 10.1. The van der Waals surface area contributed by atoms with Gasteiger partial charge in [0.15, 0.2) is 5.69 Å². The van der Waals surface area contributed by atoms with E-state index in [1.807, 2.05) is 91.0 Å². The minimum absolute atomic E-state index is 0.120. The maximum absolute atomic E-state index is 13.3. The summed E-state index contributed by atoms with van der Waals surface area (Å²) in [6.45, 7) is 7.60. The average Bonchev–Trinajstić information content (AvgIpc) is 3.44. The van der Waals surface area contributed by atoms with Gasteiger partial charge in [-0.2, -0.15) is 5.10 Å². The first-order chi connectivity index (χ1) is 16.3. The molecule has 0 aliphatic carbocycles. The topological polar surface area (TPSA) is 95.6 Å². The Morgan fingerprint density at radius 2 is 1.36 bits per heavy atom. The molecule has 8 nitrogen and oxygen atoms in total. The van der Waals surface area contributed by atoms with Gasteiger partial charge in [0.05, 0.1) is 23.6 Å². The Hall–Kier alpha value is -5.03. The predicted molar refractivity (Wildman–Crippen MR) is 126 cm³/mol. The van der Waals surface area contributed by atoms with E-state index in [9.17, 15) is 4.79 Å². The fourth-order valence-electron chi connectivity index (χ4n) is 3.49. The van der Waals surface area contributed by atoms with E-state index in [1.54, 1.807) is 0 Å². The molecule has 0 fully saturated rings. The van der Waals surface area contributed by atoms with Gasteiger partial charge in [0.1, 0.15) is 0 Å². The zero-order valence-corrected chi connectivity index (χ0v) is 17.3. The zero-order chi connectivity index (χ0) is 22.6. The molecule has 0 spiro atoms. The third kappa shape index (κ3) is 3.75. The molecule has 2 N–H and O–H groups in total. The van der Waals surface area contributed by atoms with Crippen LogP contribution in [0.3, 0.4) is 0 Å². The number of nitrogens with one attached hydrogen (secondary N) is 2. The van der Waals surface area contributed by atoms with E-state index < -0.39 is 0 Å². The minimum Gasteiger partial charge on any atom is -0.288 e. The van der Waals surface area contributed by atoms with Crippen molar-refractivity contribution in [3.63, 3.8) is 0 Å². The summed E-state index contributed by atoms with van der Waals surface area (Å²) < 4.78 is 1.42. The van der Waals surface area contributed by atoms with Crippen LogP contribution < -0.4 is 5.56 Å². The quantitative estimate of drug-likeness (QED) is 0.256. The number of aromatic nitrogens is 4. The number of H-pyrrole nitrogens is 2. The molecule has 0 atom stereocenters. The van der Waals surface area contributed by atoms with Gasteiger partial charge in [-0.25, -0.2) is 9.53 Å². The molecule has 8 heteroatoms. The van der Waals surface area contributed by atoms with E-state index in [0.29, 0.717) is 17.1 Å². The first kappa shape index (κ1) is 19.9. The highest BCUT2D eigenvalue weighted by atomic mass is 16.1. The van der Waals surface area contributed by atoms with Crippen LogP contribution in [-0.4, -0.2) is 20.0 Å². The Balaban J connectivity index is 1.62. The summed E-state index contributed by atoms with van der Waals surface area (Å²) >= 11 is 0. The molecule has 5 aromatic rings. The van der Waals surface area contributed by atoms with Crippen LogP contribution in [0.2, 0.25) is 0 Å². The summed E-state index contributed by atoms with van der Waals surface area (Å²) in [5.41, 5.74) is 3.37. The highest BCUT2D eigenvalue weighted by molar-refractivity contribution is 5.82. The summed E-state index contributed by atoms with van der Waals surface area (Å²) in [7, 11) is 0. The molecule has 0 radical (unpaired) electrons. The first-order valence-corrected chi connectivity index (χ1v) is 10.1. The Morgan fingerprint density at radius 1 is 0.788 bits per heavy atom. The lowest BCUT2D eigenvalue weighted by Crippen LogP contribution is -2.13. The molecule has 158 valence electrons. The van der Waals surface area contributed by atoms with Crippen molar-refractivity contribution in [1.82, 2.24) is 20.0 Å². The van der Waals surface area contributed by atoms with Crippen molar-refractivity contribution in [3.05, 3.63) is 113 Å². The second kappa shape index (κ2) is 8.61. The van der Waals surface area contributed by atoms with E-state index in [-0.39, 0.29) is 22.8 Å². The van der Waals surface area contributed by atoms with Gasteiger partial charge in [0.25, 0.3) is 11.2 Å². The number of nitrogens with zero attached hydrogens (tertiary/aromatic N) is 5. The molecule has 3 aromatic carbocycles. The standard InChI is InChI=1S/C25H17N7O/c1-26-22-20(17-11-5-2-6-12-17)27-29-24(22)30-28-23-21(18-13-7-3-8-14-18)31-32(25(23)33)19-15-9-4-10-16-19/h2-16,31H,(H,27,29). The van der Waals surface area contributed by atoms with Gasteiger partial charge in [-0.15, -0.1) is 10.2 Å². The zero-order valence-electron chi connectivity index (χ0n) is 17.3. The van der Waals surface area contributed by atoms with Gasteiger partial charge < -0.3 is 0 Å². The fraction of sp³-hybridized carbons (Fsp3) is 0. The molecular weight excluding hydrogens is 414 g/mol. The van der Waals surface area contributed by atoms with Crippen molar-refractivity contribution in [3.8, 4) is 28.2 Å². The summed E-state index contributed by atoms with van der Waals surface area (Å²) in [6.07, 6.45) is 0. The van der Waals surface area contributed by atoms with Gasteiger partial charge in [0.2, 0.25) is 5.82 Å². The Bertz CT molecular complexity index is 1520. The lowest BCUT2D eigenvalue weighted by molar-refractivity contribution is 0.852. The number of azo groups is 1. The summed E-state index contributed by atoms with van der Waals surface area (Å²) in [5.74, 6) is 0.120. The normalized spacial score (nSPS) is 11.0. The van der Waals surface area contributed by atoms with Crippen molar-refractivity contribution in [2.45, 2.75) is 0 Å². The molecule has 0 amide bonds. The van der Waals surface area contributed by atoms with E-state index in [0.717, 1.165) is 11.1 Å². The lowest BCUT2D eigenvalue weighted by atomic mass is 10.1. The Morgan fingerprint density at radius 3 is 1.97 bits per heavy atom. The molecule has 0 unspecified atom stereocenters. The van der Waals surface area contributed by atoms with Crippen LogP contribution in [0.5, 0.6) is 0 Å². The van der Waals surface area contributed by atoms with E-state index in [1.165, 1.54) is 4.68 Å². The minimum atomic E-state index is -0.355. The molecule has 2 aromatic heterocycles. The third-order valence-corrected chi connectivity index (χ3v) is 5.08. The predicted octanol–water partition coefficient (Wildman–Crippen LogP) is 6.19. The monoisotopic (exact) mass is 431 g/mol. The van der Waals surface area contributed by atoms with Crippen molar-refractivity contribution >= 4 is 17.2 Å². The molecule has 0 aliphatic heterocycles. The molecule has 0 aliphatic rings. The maximum atomic E-state index is 13.3. The van der Waals surface area contributed by atoms with Crippen LogP contribution in [0, 0.1) is 6.57 Å². The number of aromatic amines is 2. The Kier molecular flexibility index (Phi) is 5.19. The van der Waals surface area contributed by atoms with Crippen LogP contribution in [0.1, 0.15) is 0 Å². The van der Waals surface area contributed by atoms with E-state index in [2.05, 4.69) is 30.4 Å². The molecule has 5 rings (SSSR count). The van der Waals surface area contributed by atoms with Crippen molar-refractivity contribution in [1.29, 1.82) is 0 Å². The summed E-state index contributed by atoms with van der Waals surface area (Å²) in [5, 5.41) is 18.6. The van der Waals surface area contributed by atoms with Gasteiger partial charge in [-0.3, -0.25) is 15.0 Å². The van der Waals surface area contributed by atoms with Gasteiger partial charge in [-0.05, 0) is 17.7 Å². The van der Waals surface area contributed by atoms with E-state index >= 15 is 0 Å². The number of para-hydroxylation sites is 1. The molecule has 33 heavy (non-hydrogen) atoms. The molecule has 0 saturated heterocycles. The van der Waals surface area contributed by atoms with Gasteiger partial charge in [-0.1, -0.05) is 78.9 Å². The lowest BCUT2D eigenvalue weighted by Gasteiger charge is -2.01. The smallest absolute Gasteiger partial charge is 0.288 e. The fourth-order valence-corrected chi connectivity index (χ4v) is 3.49. The van der Waals surface area contributed by atoms with E-state index in [4.69, 9.17) is 6.57 Å². The summed E-state index contributed by atoms with van der Waals surface area (Å²) in [4.78, 5) is 16.8. The SMILES string of the molecule is [C-]#[N+]c1c(N=Nc2c(-c3ccccc3)[nH]n(-c3ccccc3)c2=O)n[nH]c1-c1ccccc1. The Labute approximate surface area is 188 Å². The van der Waals surface area contributed by atoms with Crippen LogP contribution >= 0.6 is 0 Å². The van der Waals surface area contributed by atoms with Crippen LogP contribution in [-0.2, 0) is 0 Å². The molecule has 2 heterocycles. The van der Waals surface area contributed by atoms with Crippen molar-refractivity contribution in [2.75, 3.05) is 0 Å². The molecule has 0 saturated carbocycles. The number of hydrogen-bond donors (Lipinski definition) is 2. The average molecular weight is 431 g/mol. The van der Waals surface area contributed by atoms with Crippen LogP contribution in [0.15, 0.2) is 106 Å². The van der Waals surface area contributed by atoms with Crippen LogP contribution in [0.4, 0.5) is 17.2 Å². The number of benzene rings is 3. The highest BCUT2D eigenvalue weighted by Gasteiger charge is 2.19. The number of rotatable bonds is 5. The summed E-state index contributed by atoms with van der Waals surface area (Å²) in [6, 6.07) is 28.1. The highest BCUT2D eigenvalue weighted by Crippen LogP contribution is 2.37. The number of hydrogen-bond acceptors (Lipinski definition) is 4. The van der Waals surface area contributed by atoms with Crippen molar-refractivity contribution < 1.29 is 0 Å². The van der Waals surface area contributed by atoms with Gasteiger partial charge >= 0.3 is 0 Å². The second-order valence-electron chi connectivity index (χ2n) is 7.13. The maximum Gasteiger partial charge on any atom is 0.299 e. The van der Waals surface area contributed by atoms with Gasteiger partial charge in [0, 0.05) is 5.56 Å².